The van der Waals surface area contributed by atoms with Crippen molar-refractivity contribution in [2.24, 2.45) is 4.99 Å². The first-order valence-electron chi connectivity index (χ1n) is 8.83. The van der Waals surface area contributed by atoms with Gasteiger partial charge in [-0.1, -0.05) is 18.2 Å². The van der Waals surface area contributed by atoms with Gasteiger partial charge in [-0.15, -0.1) is 0 Å². The average molecular weight is 350 g/mol. The van der Waals surface area contributed by atoms with Crippen molar-refractivity contribution >= 4 is 11.7 Å². The molecule has 1 aromatic heterocycles. The number of hydrogen-bond donors (Lipinski definition) is 0. The fourth-order valence-electron chi connectivity index (χ4n) is 3.63. The van der Waals surface area contributed by atoms with Crippen LogP contribution in [0.3, 0.4) is 0 Å². The Morgan fingerprint density at radius 2 is 2.23 bits per heavy atom. The maximum absolute atomic E-state index is 12.6. The Hall–Kier alpha value is -2.73. The second-order valence-corrected chi connectivity index (χ2v) is 6.62. The van der Waals surface area contributed by atoms with Crippen LogP contribution in [0.2, 0.25) is 0 Å². The molecule has 1 aromatic rings. The largest absolute Gasteiger partial charge is 0.378 e. The molecule has 1 amide bonds. The summed E-state index contributed by atoms with van der Waals surface area (Å²) < 4.78 is 7.00. The summed E-state index contributed by atoms with van der Waals surface area (Å²) in [6, 6.07) is 0. The molecule has 6 nitrogen and oxygen atoms in total. The first kappa shape index (κ1) is 16.7. The minimum atomic E-state index is 0.0401. The lowest BCUT2D eigenvalue weighted by Gasteiger charge is -2.33. The SMILES string of the molecule is COCc1cn(C2=NCC(=O)N3CCC4=C(C)C=CCC=C4C3=C2)cn1. The molecule has 1 fully saturated rings. The van der Waals surface area contributed by atoms with Crippen LogP contribution in [0.1, 0.15) is 25.5 Å². The standard InChI is InChI=1S/C20H22N4O2/c1-14-5-3-4-6-17-16(14)7-8-24-18(17)9-19(21-10-20(24)25)23-11-15(12-26-2)22-13-23/h3,5-6,9,11,13H,4,7-8,10,12H2,1-2H3. The third kappa shape index (κ3) is 2.97. The van der Waals surface area contributed by atoms with Gasteiger partial charge in [-0.05, 0) is 36.5 Å². The fourth-order valence-corrected chi connectivity index (χ4v) is 3.63. The summed E-state index contributed by atoms with van der Waals surface area (Å²) in [6.07, 6.45) is 13.9. The van der Waals surface area contributed by atoms with Crippen molar-refractivity contribution in [3.05, 3.63) is 64.9 Å². The Bertz CT molecular complexity index is 899. The number of imidazole rings is 1. The van der Waals surface area contributed by atoms with Gasteiger partial charge in [-0.25, -0.2) is 4.98 Å². The lowest BCUT2D eigenvalue weighted by molar-refractivity contribution is -0.127. The first-order chi connectivity index (χ1) is 12.7. The normalized spacial score (nSPS) is 20.0. The highest BCUT2D eigenvalue weighted by molar-refractivity contribution is 6.00. The quantitative estimate of drug-likeness (QED) is 0.824. The lowest BCUT2D eigenvalue weighted by atomic mass is 9.90. The number of ether oxygens (including phenoxy) is 1. The molecule has 0 N–H and O–H groups in total. The smallest absolute Gasteiger partial charge is 0.248 e. The van der Waals surface area contributed by atoms with E-state index in [1.807, 2.05) is 21.7 Å². The van der Waals surface area contributed by atoms with Crippen LogP contribution in [0.25, 0.3) is 0 Å². The highest BCUT2D eigenvalue weighted by Gasteiger charge is 2.30. The zero-order chi connectivity index (χ0) is 18.1. The van der Waals surface area contributed by atoms with Crippen molar-refractivity contribution in [1.82, 2.24) is 14.5 Å². The zero-order valence-electron chi connectivity index (χ0n) is 15.1. The highest BCUT2D eigenvalue weighted by Crippen LogP contribution is 2.36. The average Bonchev–Trinajstić information content (AvgIpc) is 2.93. The zero-order valence-corrected chi connectivity index (χ0v) is 15.1. The van der Waals surface area contributed by atoms with Gasteiger partial charge in [-0.3, -0.25) is 14.4 Å². The van der Waals surface area contributed by atoms with Crippen molar-refractivity contribution < 1.29 is 9.53 Å². The molecule has 0 atom stereocenters. The van der Waals surface area contributed by atoms with E-state index in [1.54, 1.807) is 13.4 Å². The Balaban J connectivity index is 1.77. The van der Waals surface area contributed by atoms with E-state index in [1.165, 1.54) is 11.1 Å². The van der Waals surface area contributed by atoms with E-state index in [4.69, 9.17) is 4.74 Å². The summed E-state index contributed by atoms with van der Waals surface area (Å²) in [7, 11) is 1.64. The molecule has 2 aliphatic heterocycles. The molecular weight excluding hydrogens is 328 g/mol. The van der Waals surface area contributed by atoms with Crippen molar-refractivity contribution in [2.75, 3.05) is 20.2 Å². The van der Waals surface area contributed by atoms with Crippen LogP contribution in [-0.4, -0.2) is 46.4 Å². The lowest BCUT2D eigenvalue weighted by Crippen LogP contribution is -2.36. The number of nitrogens with zero attached hydrogens (tertiary/aromatic N) is 4. The van der Waals surface area contributed by atoms with Crippen LogP contribution < -0.4 is 0 Å². The highest BCUT2D eigenvalue weighted by atomic mass is 16.5. The maximum atomic E-state index is 12.6. The van der Waals surface area contributed by atoms with Gasteiger partial charge in [0, 0.05) is 25.9 Å². The number of aliphatic imine (C=N–C) groups is 1. The molecule has 0 radical (unpaired) electrons. The molecule has 3 heterocycles. The minimum Gasteiger partial charge on any atom is -0.378 e. The number of piperidine rings is 1. The van der Waals surface area contributed by atoms with Gasteiger partial charge in [0.1, 0.15) is 18.7 Å². The monoisotopic (exact) mass is 350 g/mol. The van der Waals surface area contributed by atoms with Crippen molar-refractivity contribution in [3.63, 3.8) is 0 Å². The van der Waals surface area contributed by atoms with Crippen LogP contribution in [0.5, 0.6) is 0 Å². The van der Waals surface area contributed by atoms with E-state index in [0.717, 1.165) is 35.6 Å². The van der Waals surface area contributed by atoms with Crippen LogP contribution in [0.4, 0.5) is 0 Å². The molecule has 0 saturated carbocycles. The van der Waals surface area contributed by atoms with Gasteiger partial charge in [-0.2, -0.15) is 0 Å². The van der Waals surface area contributed by atoms with Crippen molar-refractivity contribution in [1.29, 1.82) is 0 Å². The van der Waals surface area contributed by atoms with Gasteiger partial charge >= 0.3 is 0 Å². The fraction of sp³-hybridized carbons (Fsp3) is 0.350. The predicted octanol–water partition coefficient (Wildman–Crippen LogP) is 2.61. The van der Waals surface area contributed by atoms with Gasteiger partial charge < -0.3 is 9.64 Å². The van der Waals surface area contributed by atoms with Gasteiger partial charge in [0.05, 0.1) is 18.0 Å². The minimum absolute atomic E-state index is 0.0401. The third-order valence-corrected chi connectivity index (χ3v) is 4.92. The van der Waals surface area contributed by atoms with Gasteiger partial charge in [0.2, 0.25) is 5.91 Å². The number of carbonyl (C=O) groups is 1. The summed E-state index contributed by atoms with van der Waals surface area (Å²) in [5.74, 6) is 0.765. The first-order valence-corrected chi connectivity index (χ1v) is 8.83. The molecule has 1 saturated heterocycles. The van der Waals surface area contributed by atoms with Crippen molar-refractivity contribution in [3.8, 4) is 0 Å². The molecule has 4 rings (SSSR count). The van der Waals surface area contributed by atoms with Gasteiger partial charge in [0.25, 0.3) is 0 Å². The second-order valence-electron chi connectivity index (χ2n) is 6.62. The number of rotatable bonds is 2. The van der Waals surface area contributed by atoms with Crippen LogP contribution in [0.15, 0.2) is 64.2 Å². The molecule has 0 aromatic carbocycles. The molecule has 0 spiro atoms. The topological polar surface area (TPSA) is 59.7 Å². The molecule has 6 heteroatoms. The van der Waals surface area contributed by atoms with E-state index in [0.29, 0.717) is 13.2 Å². The summed E-state index contributed by atoms with van der Waals surface area (Å²) in [5.41, 5.74) is 5.52. The predicted molar refractivity (Wildman–Crippen MR) is 99.6 cm³/mol. The number of hydrogen-bond acceptors (Lipinski definition) is 4. The maximum Gasteiger partial charge on any atom is 0.248 e. The number of methoxy groups -OCH3 is 1. The number of amides is 1. The van der Waals surface area contributed by atoms with E-state index in [9.17, 15) is 4.79 Å². The van der Waals surface area contributed by atoms with E-state index < -0.39 is 0 Å². The molecule has 0 unspecified atom stereocenters. The van der Waals surface area contributed by atoms with Crippen LogP contribution in [0, 0.1) is 0 Å². The Labute approximate surface area is 152 Å². The number of carbonyl (C=O) groups excluding carboxylic acids is 1. The van der Waals surface area contributed by atoms with Gasteiger partial charge in [0.15, 0.2) is 0 Å². The molecule has 134 valence electrons. The molecule has 26 heavy (non-hydrogen) atoms. The Morgan fingerprint density at radius 3 is 3.08 bits per heavy atom. The summed E-state index contributed by atoms with van der Waals surface area (Å²) in [5, 5.41) is 0. The molecular formula is C20H22N4O2. The second kappa shape index (κ2) is 6.88. The van der Waals surface area contributed by atoms with E-state index >= 15 is 0 Å². The summed E-state index contributed by atoms with van der Waals surface area (Å²) >= 11 is 0. The molecule has 3 aliphatic rings. The summed E-state index contributed by atoms with van der Waals surface area (Å²) in [6.45, 7) is 3.44. The Morgan fingerprint density at radius 1 is 1.35 bits per heavy atom. The summed E-state index contributed by atoms with van der Waals surface area (Å²) in [4.78, 5) is 23.4. The van der Waals surface area contributed by atoms with Crippen LogP contribution >= 0.6 is 0 Å². The van der Waals surface area contributed by atoms with Crippen molar-refractivity contribution in [2.45, 2.75) is 26.4 Å². The number of allylic oxidation sites excluding steroid dienone is 6. The number of fused-ring (bicyclic) bond motifs is 3. The molecule has 1 aliphatic carbocycles. The molecule has 0 bridgehead atoms. The third-order valence-electron chi connectivity index (χ3n) is 4.92. The number of aromatic nitrogens is 2. The van der Waals surface area contributed by atoms with Crippen LogP contribution in [-0.2, 0) is 16.1 Å². The Kier molecular flexibility index (Phi) is 4.42. The van der Waals surface area contributed by atoms with E-state index in [-0.39, 0.29) is 12.5 Å². The van der Waals surface area contributed by atoms with E-state index in [2.05, 4.69) is 35.1 Å².